The molecule has 2 aromatic carbocycles. The number of hydrogen-bond donors (Lipinski definition) is 2. The summed E-state index contributed by atoms with van der Waals surface area (Å²) in [6.45, 7) is 0. The van der Waals surface area contributed by atoms with Crippen LogP contribution in [-0.4, -0.2) is 21.5 Å². The minimum absolute atomic E-state index is 0.120. The van der Waals surface area contributed by atoms with Crippen LogP contribution in [0.3, 0.4) is 0 Å². The van der Waals surface area contributed by atoms with E-state index in [-0.39, 0.29) is 16.7 Å². The van der Waals surface area contributed by atoms with Gasteiger partial charge in [-0.15, -0.1) is 0 Å². The molecule has 0 spiro atoms. The fraction of sp³-hybridized carbons (Fsp3) is 0.273. The second-order valence-corrected chi connectivity index (χ2v) is 8.29. The van der Waals surface area contributed by atoms with Gasteiger partial charge in [0.2, 0.25) is 5.95 Å². The number of nitrogens with zero attached hydrogens (tertiary/aromatic N) is 2. The van der Waals surface area contributed by atoms with Crippen LogP contribution in [0.4, 0.5) is 30.6 Å². The minimum Gasteiger partial charge on any atom is -0.351 e. The first-order valence-corrected chi connectivity index (χ1v) is 10.6. The summed E-state index contributed by atoms with van der Waals surface area (Å²) in [5.41, 5.74) is -2.10. The molecule has 156 valence electrons. The lowest BCUT2D eigenvalue weighted by atomic mass is 10.1. The normalized spacial score (nSPS) is 14.6. The lowest BCUT2D eigenvalue weighted by molar-refractivity contribution is -0.0328. The quantitative estimate of drug-likeness (QED) is 0.419. The highest BCUT2D eigenvalue weighted by Crippen LogP contribution is 2.38. The van der Waals surface area contributed by atoms with Gasteiger partial charge in [0.05, 0.1) is 5.69 Å². The number of aromatic nitrogens is 2. The molecule has 0 aliphatic heterocycles. The van der Waals surface area contributed by atoms with Gasteiger partial charge in [-0.1, -0.05) is 49.2 Å². The van der Waals surface area contributed by atoms with Gasteiger partial charge in [-0.3, -0.25) is 0 Å². The van der Waals surface area contributed by atoms with Crippen LogP contribution in [0.5, 0.6) is 0 Å². The highest BCUT2D eigenvalue weighted by molar-refractivity contribution is 8.00. The summed E-state index contributed by atoms with van der Waals surface area (Å²) in [5, 5.41) is 6.54. The van der Waals surface area contributed by atoms with E-state index in [0.717, 1.165) is 24.1 Å². The van der Waals surface area contributed by atoms with Gasteiger partial charge in [0.1, 0.15) is 5.82 Å². The van der Waals surface area contributed by atoms with Gasteiger partial charge in [0, 0.05) is 28.3 Å². The Morgan fingerprint density at radius 2 is 1.67 bits per heavy atom. The van der Waals surface area contributed by atoms with Gasteiger partial charge in [-0.2, -0.15) is 18.2 Å². The van der Waals surface area contributed by atoms with E-state index in [1.165, 1.54) is 25.0 Å². The van der Waals surface area contributed by atoms with Crippen molar-refractivity contribution >= 4 is 29.2 Å². The Hall–Kier alpha value is -2.74. The third kappa shape index (κ3) is 5.66. The van der Waals surface area contributed by atoms with Crippen LogP contribution in [0.2, 0.25) is 0 Å². The smallest absolute Gasteiger partial charge is 0.351 e. The van der Waals surface area contributed by atoms with Gasteiger partial charge in [-0.05, 0) is 42.8 Å². The number of rotatable bonds is 6. The summed E-state index contributed by atoms with van der Waals surface area (Å²) in [6, 6.07) is 18.1. The first-order chi connectivity index (χ1) is 14.4. The molecule has 0 amide bonds. The van der Waals surface area contributed by atoms with Crippen molar-refractivity contribution in [1.29, 1.82) is 0 Å². The zero-order chi connectivity index (χ0) is 21.0. The largest absolute Gasteiger partial charge is 0.446 e. The maximum absolute atomic E-state index is 12.7. The van der Waals surface area contributed by atoms with Gasteiger partial charge >= 0.3 is 5.51 Å². The monoisotopic (exact) mass is 430 g/mol. The molecule has 1 aliphatic rings. The van der Waals surface area contributed by atoms with Crippen molar-refractivity contribution in [1.82, 2.24) is 9.97 Å². The molecule has 2 N–H and O–H groups in total. The predicted octanol–water partition coefficient (Wildman–Crippen LogP) is 6.85. The average molecular weight is 430 g/mol. The van der Waals surface area contributed by atoms with Crippen LogP contribution in [0.25, 0.3) is 11.3 Å². The number of anilines is 3. The predicted molar refractivity (Wildman–Crippen MR) is 115 cm³/mol. The third-order valence-electron chi connectivity index (χ3n) is 4.82. The molecule has 1 saturated carbocycles. The average Bonchev–Trinajstić information content (AvgIpc) is 3.20. The van der Waals surface area contributed by atoms with E-state index >= 15 is 0 Å². The second-order valence-electron chi connectivity index (χ2n) is 7.15. The lowest BCUT2D eigenvalue weighted by Gasteiger charge is -2.15. The van der Waals surface area contributed by atoms with Crippen LogP contribution in [0.1, 0.15) is 25.7 Å². The van der Waals surface area contributed by atoms with Gasteiger partial charge in [0.15, 0.2) is 0 Å². The molecule has 30 heavy (non-hydrogen) atoms. The highest BCUT2D eigenvalue weighted by Gasteiger charge is 2.29. The molecular formula is C22H21F3N4S. The Bertz CT molecular complexity index is 989. The van der Waals surface area contributed by atoms with Crippen molar-refractivity contribution in [2.24, 2.45) is 0 Å². The zero-order valence-corrected chi connectivity index (χ0v) is 16.9. The van der Waals surface area contributed by atoms with E-state index in [9.17, 15) is 13.2 Å². The maximum Gasteiger partial charge on any atom is 0.446 e. The fourth-order valence-electron chi connectivity index (χ4n) is 3.50. The van der Waals surface area contributed by atoms with Gasteiger partial charge < -0.3 is 10.6 Å². The summed E-state index contributed by atoms with van der Waals surface area (Å²) in [5.74, 6) is 1.05. The van der Waals surface area contributed by atoms with E-state index in [2.05, 4.69) is 20.6 Å². The molecule has 1 heterocycles. The Balaban J connectivity index is 1.62. The molecule has 1 aromatic heterocycles. The standard InChI is InChI=1S/C22H21F3N4S/c23-22(24,25)30-18-12-6-11-17(13-18)26-20-14-19(15-7-2-1-3-8-15)28-21(29-20)27-16-9-4-5-10-16/h1-3,6-8,11-14,16H,4-5,9-10H2,(H2,26,27,28,29). The van der Waals surface area contributed by atoms with Crippen molar-refractivity contribution in [3.8, 4) is 11.3 Å². The summed E-state index contributed by atoms with van der Waals surface area (Å²) < 4.78 is 38.1. The Morgan fingerprint density at radius 3 is 2.40 bits per heavy atom. The second kappa shape index (κ2) is 8.95. The number of hydrogen-bond acceptors (Lipinski definition) is 5. The van der Waals surface area contributed by atoms with E-state index in [0.29, 0.717) is 23.5 Å². The molecule has 1 fully saturated rings. The van der Waals surface area contributed by atoms with Crippen molar-refractivity contribution in [3.05, 3.63) is 60.7 Å². The topological polar surface area (TPSA) is 49.8 Å². The molecule has 0 unspecified atom stereocenters. The molecule has 0 bridgehead atoms. The number of alkyl halides is 3. The number of thioether (sulfide) groups is 1. The molecule has 0 saturated heterocycles. The first kappa shape index (κ1) is 20.5. The van der Waals surface area contributed by atoms with Crippen molar-refractivity contribution in [3.63, 3.8) is 0 Å². The van der Waals surface area contributed by atoms with E-state index in [1.54, 1.807) is 18.2 Å². The van der Waals surface area contributed by atoms with Crippen LogP contribution in [0, 0.1) is 0 Å². The summed E-state index contributed by atoms with van der Waals surface area (Å²) >= 11 is -0.135. The summed E-state index contributed by atoms with van der Waals surface area (Å²) in [4.78, 5) is 9.34. The first-order valence-electron chi connectivity index (χ1n) is 9.78. The van der Waals surface area contributed by atoms with Crippen LogP contribution < -0.4 is 10.6 Å². The number of nitrogens with one attached hydrogen (secondary N) is 2. The number of halogens is 3. The molecule has 0 radical (unpaired) electrons. The molecule has 4 rings (SSSR count). The Kier molecular flexibility index (Phi) is 6.13. The molecule has 3 aromatic rings. The summed E-state index contributed by atoms with van der Waals surface area (Å²) in [7, 11) is 0. The fourth-order valence-corrected chi connectivity index (χ4v) is 4.10. The highest BCUT2D eigenvalue weighted by atomic mass is 32.2. The van der Waals surface area contributed by atoms with Gasteiger partial charge in [-0.25, -0.2) is 4.98 Å². The van der Waals surface area contributed by atoms with Crippen molar-refractivity contribution in [2.45, 2.75) is 42.1 Å². The molecule has 4 nitrogen and oxygen atoms in total. The molecule has 8 heteroatoms. The lowest BCUT2D eigenvalue weighted by Crippen LogP contribution is -2.17. The van der Waals surface area contributed by atoms with E-state index < -0.39 is 5.51 Å². The summed E-state index contributed by atoms with van der Waals surface area (Å²) in [6.07, 6.45) is 4.53. The SMILES string of the molecule is FC(F)(F)Sc1cccc(Nc2cc(-c3ccccc3)nc(NC3CCCC3)n2)c1. The van der Waals surface area contributed by atoms with Crippen molar-refractivity contribution in [2.75, 3.05) is 10.6 Å². The molecule has 0 atom stereocenters. The van der Waals surface area contributed by atoms with Crippen LogP contribution in [0.15, 0.2) is 65.6 Å². The molecular weight excluding hydrogens is 409 g/mol. The van der Waals surface area contributed by atoms with Crippen LogP contribution >= 0.6 is 11.8 Å². The minimum atomic E-state index is -4.33. The van der Waals surface area contributed by atoms with E-state index in [1.807, 2.05) is 30.3 Å². The third-order valence-corrected chi connectivity index (χ3v) is 5.55. The Morgan fingerprint density at radius 1 is 0.900 bits per heavy atom. The Labute approximate surface area is 177 Å². The van der Waals surface area contributed by atoms with Gasteiger partial charge in [0.25, 0.3) is 0 Å². The maximum atomic E-state index is 12.7. The number of benzene rings is 2. The van der Waals surface area contributed by atoms with Crippen LogP contribution in [-0.2, 0) is 0 Å². The zero-order valence-electron chi connectivity index (χ0n) is 16.1. The molecule has 1 aliphatic carbocycles. The van der Waals surface area contributed by atoms with E-state index in [4.69, 9.17) is 0 Å². The van der Waals surface area contributed by atoms with Crippen molar-refractivity contribution < 1.29 is 13.2 Å².